The first kappa shape index (κ1) is 25.4. The molecule has 1 amide bonds. The number of carbonyl (C=O) groups excluding carboxylic acids is 2. The number of hydrogen-bond acceptors (Lipinski definition) is 7. The summed E-state index contributed by atoms with van der Waals surface area (Å²) in [6.07, 6.45) is 0. The number of anilines is 1. The van der Waals surface area contributed by atoms with E-state index in [1.807, 2.05) is 0 Å². The standard InChI is InChI=1S/C27H22F2N2O6/c1-34-22-11-15(12-23(35-2)26(22)36-3)21-13-17(16-7-4-5-10-20(16)30-21)27(33)37-14-24(32)31-25-18(28)8-6-9-19(25)29/h4-13H,14H2,1-3H3,(H,31,32). The first-order valence-corrected chi connectivity index (χ1v) is 11.0. The highest BCUT2D eigenvalue weighted by molar-refractivity contribution is 6.05. The van der Waals surface area contributed by atoms with Crippen LogP contribution in [0.3, 0.4) is 0 Å². The highest BCUT2D eigenvalue weighted by Crippen LogP contribution is 2.41. The van der Waals surface area contributed by atoms with Crippen LogP contribution in [0.25, 0.3) is 22.2 Å². The fourth-order valence-electron chi connectivity index (χ4n) is 3.72. The summed E-state index contributed by atoms with van der Waals surface area (Å²) in [6.45, 7) is -0.761. The highest BCUT2D eigenvalue weighted by Gasteiger charge is 2.20. The molecule has 0 saturated carbocycles. The van der Waals surface area contributed by atoms with E-state index < -0.39 is 35.8 Å². The molecular formula is C27H22F2N2O6. The first-order valence-electron chi connectivity index (χ1n) is 11.0. The van der Waals surface area contributed by atoms with E-state index in [4.69, 9.17) is 18.9 Å². The number of methoxy groups -OCH3 is 3. The summed E-state index contributed by atoms with van der Waals surface area (Å²) < 4.78 is 49.0. The monoisotopic (exact) mass is 508 g/mol. The second-order valence-electron chi connectivity index (χ2n) is 7.71. The van der Waals surface area contributed by atoms with Gasteiger partial charge in [-0.25, -0.2) is 18.6 Å². The Labute approximate surface area is 210 Å². The highest BCUT2D eigenvalue weighted by atomic mass is 19.1. The van der Waals surface area contributed by atoms with Crippen molar-refractivity contribution in [3.63, 3.8) is 0 Å². The average Bonchev–Trinajstić information content (AvgIpc) is 2.92. The molecule has 3 aromatic carbocycles. The quantitative estimate of drug-likeness (QED) is 0.335. The van der Waals surface area contributed by atoms with Gasteiger partial charge in [-0.1, -0.05) is 24.3 Å². The molecule has 1 N–H and O–H groups in total. The number of nitrogens with one attached hydrogen (secondary N) is 1. The van der Waals surface area contributed by atoms with E-state index in [0.717, 1.165) is 12.1 Å². The Balaban J connectivity index is 1.65. The SMILES string of the molecule is COc1cc(-c2cc(C(=O)OCC(=O)Nc3c(F)cccc3F)c3ccccc3n2)cc(OC)c1OC. The van der Waals surface area contributed by atoms with Gasteiger partial charge in [0.1, 0.15) is 17.3 Å². The molecule has 8 nitrogen and oxygen atoms in total. The number of pyridine rings is 1. The van der Waals surface area contributed by atoms with E-state index in [2.05, 4.69) is 10.3 Å². The van der Waals surface area contributed by atoms with Gasteiger partial charge in [-0.15, -0.1) is 0 Å². The lowest BCUT2D eigenvalue weighted by molar-refractivity contribution is -0.119. The van der Waals surface area contributed by atoms with Crippen molar-refractivity contribution in [3.8, 4) is 28.5 Å². The zero-order chi connectivity index (χ0) is 26.5. The number of rotatable bonds is 8. The van der Waals surface area contributed by atoms with E-state index in [0.29, 0.717) is 39.4 Å². The Morgan fingerprint density at radius 2 is 1.51 bits per heavy atom. The van der Waals surface area contributed by atoms with Crippen LogP contribution in [0.5, 0.6) is 17.2 Å². The normalized spacial score (nSPS) is 10.6. The summed E-state index contributed by atoms with van der Waals surface area (Å²) in [6, 6.07) is 15.0. The van der Waals surface area contributed by atoms with E-state index in [1.165, 1.54) is 33.5 Å². The van der Waals surface area contributed by atoms with Crippen molar-refractivity contribution in [1.29, 1.82) is 0 Å². The molecule has 0 aliphatic rings. The summed E-state index contributed by atoms with van der Waals surface area (Å²) >= 11 is 0. The molecule has 4 rings (SSSR count). The molecule has 0 unspecified atom stereocenters. The van der Waals surface area contributed by atoms with Crippen molar-refractivity contribution in [2.45, 2.75) is 0 Å². The van der Waals surface area contributed by atoms with Crippen molar-refractivity contribution >= 4 is 28.5 Å². The maximum absolute atomic E-state index is 13.8. The summed E-state index contributed by atoms with van der Waals surface area (Å²) in [5, 5.41) is 2.57. The third kappa shape index (κ3) is 5.27. The molecule has 10 heteroatoms. The first-order chi connectivity index (χ1) is 17.9. The van der Waals surface area contributed by atoms with Gasteiger partial charge in [0, 0.05) is 10.9 Å². The number of para-hydroxylation sites is 2. The molecule has 0 radical (unpaired) electrons. The number of aromatic nitrogens is 1. The van der Waals surface area contributed by atoms with Gasteiger partial charge in [0.15, 0.2) is 18.1 Å². The lowest BCUT2D eigenvalue weighted by atomic mass is 10.0. The second-order valence-corrected chi connectivity index (χ2v) is 7.71. The fourth-order valence-corrected chi connectivity index (χ4v) is 3.72. The Morgan fingerprint density at radius 3 is 2.14 bits per heavy atom. The number of hydrogen-bond donors (Lipinski definition) is 1. The molecule has 0 atom stereocenters. The molecule has 190 valence electrons. The summed E-state index contributed by atoms with van der Waals surface area (Å²) in [5.41, 5.74) is 0.991. The van der Waals surface area contributed by atoms with Crippen LogP contribution in [0.4, 0.5) is 14.5 Å². The van der Waals surface area contributed by atoms with Crippen LogP contribution in [0.1, 0.15) is 10.4 Å². The van der Waals surface area contributed by atoms with Crippen LogP contribution in [0.2, 0.25) is 0 Å². The molecule has 0 saturated heterocycles. The Morgan fingerprint density at radius 1 is 0.865 bits per heavy atom. The topological polar surface area (TPSA) is 96.0 Å². The number of halogens is 2. The van der Waals surface area contributed by atoms with Crippen molar-refractivity contribution in [1.82, 2.24) is 4.98 Å². The minimum absolute atomic E-state index is 0.138. The molecule has 0 aliphatic carbocycles. The number of esters is 1. The van der Waals surface area contributed by atoms with Crippen molar-refractivity contribution in [2.24, 2.45) is 0 Å². The molecule has 1 aromatic heterocycles. The van der Waals surface area contributed by atoms with Gasteiger partial charge >= 0.3 is 5.97 Å². The van der Waals surface area contributed by atoms with E-state index in [9.17, 15) is 18.4 Å². The third-order valence-corrected chi connectivity index (χ3v) is 5.46. The maximum atomic E-state index is 13.8. The summed E-state index contributed by atoms with van der Waals surface area (Å²) in [5.74, 6) is -2.44. The van der Waals surface area contributed by atoms with Crippen molar-refractivity contribution in [2.75, 3.05) is 33.3 Å². The van der Waals surface area contributed by atoms with Gasteiger partial charge in [-0.3, -0.25) is 4.79 Å². The van der Waals surface area contributed by atoms with Crippen LogP contribution in [0, 0.1) is 11.6 Å². The molecule has 0 fully saturated rings. The zero-order valence-electron chi connectivity index (χ0n) is 20.1. The number of ether oxygens (including phenoxy) is 4. The minimum Gasteiger partial charge on any atom is -0.493 e. The number of nitrogens with zero attached hydrogens (tertiary/aromatic N) is 1. The summed E-state index contributed by atoms with van der Waals surface area (Å²) in [7, 11) is 4.45. The van der Waals surface area contributed by atoms with Gasteiger partial charge in [0.25, 0.3) is 5.91 Å². The van der Waals surface area contributed by atoms with Crippen LogP contribution in [0.15, 0.2) is 60.7 Å². The second kappa shape index (κ2) is 10.9. The number of carbonyl (C=O) groups is 2. The molecule has 0 aliphatic heterocycles. The van der Waals surface area contributed by atoms with Crippen molar-refractivity contribution < 1.29 is 37.3 Å². The number of benzene rings is 3. The van der Waals surface area contributed by atoms with E-state index in [-0.39, 0.29) is 5.56 Å². The smallest absolute Gasteiger partial charge is 0.339 e. The number of amides is 1. The third-order valence-electron chi connectivity index (χ3n) is 5.46. The predicted octanol–water partition coefficient (Wildman–Crippen LogP) is 5.00. The van der Waals surface area contributed by atoms with Gasteiger partial charge in [0.2, 0.25) is 5.75 Å². The lowest BCUT2D eigenvalue weighted by Gasteiger charge is -2.15. The molecule has 37 heavy (non-hydrogen) atoms. The minimum atomic E-state index is -0.949. The van der Waals surface area contributed by atoms with Crippen LogP contribution < -0.4 is 19.5 Å². The van der Waals surface area contributed by atoms with Gasteiger partial charge in [-0.2, -0.15) is 0 Å². The lowest BCUT2D eigenvalue weighted by Crippen LogP contribution is -2.22. The fraction of sp³-hybridized carbons (Fsp3) is 0.148. The Hall–Kier alpha value is -4.73. The van der Waals surface area contributed by atoms with Crippen LogP contribution >= 0.6 is 0 Å². The molecular weight excluding hydrogens is 486 g/mol. The van der Waals surface area contributed by atoms with Crippen molar-refractivity contribution in [3.05, 3.63) is 77.9 Å². The number of fused-ring (bicyclic) bond motifs is 1. The van der Waals surface area contributed by atoms with Gasteiger partial charge in [-0.05, 0) is 36.4 Å². The molecule has 0 spiro atoms. The molecule has 0 bridgehead atoms. The van der Waals surface area contributed by atoms with E-state index in [1.54, 1.807) is 36.4 Å². The zero-order valence-corrected chi connectivity index (χ0v) is 20.1. The predicted molar refractivity (Wildman–Crippen MR) is 132 cm³/mol. The molecule has 4 aromatic rings. The average molecular weight is 508 g/mol. The Kier molecular flexibility index (Phi) is 7.47. The van der Waals surface area contributed by atoms with Crippen LogP contribution in [-0.2, 0) is 9.53 Å². The molecule has 1 heterocycles. The van der Waals surface area contributed by atoms with Gasteiger partial charge < -0.3 is 24.3 Å². The van der Waals surface area contributed by atoms with E-state index >= 15 is 0 Å². The van der Waals surface area contributed by atoms with Gasteiger partial charge in [0.05, 0.1) is 38.1 Å². The largest absolute Gasteiger partial charge is 0.493 e. The Bertz CT molecular complexity index is 1450. The maximum Gasteiger partial charge on any atom is 0.339 e. The summed E-state index contributed by atoms with van der Waals surface area (Å²) in [4.78, 5) is 29.9. The van der Waals surface area contributed by atoms with Crippen LogP contribution in [-0.4, -0.2) is 44.8 Å².